The number of carbonyl (C=O) groups excluding carboxylic acids is 1. The fraction of sp³-hybridized carbons (Fsp3) is 0.304. The molecule has 9 heteroatoms. The summed E-state index contributed by atoms with van der Waals surface area (Å²) in [6, 6.07) is 14.9. The third kappa shape index (κ3) is 3.80. The second kappa shape index (κ2) is 8.31. The van der Waals surface area contributed by atoms with Gasteiger partial charge in [0.25, 0.3) is 10.0 Å². The van der Waals surface area contributed by atoms with E-state index in [1.54, 1.807) is 23.2 Å². The van der Waals surface area contributed by atoms with Gasteiger partial charge in [0.2, 0.25) is 0 Å². The van der Waals surface area contributed by atoms with E-state index in [-0.39, 0.29) is 18.7 Å². The molecule has 0 spiro atoms. The third-order valence-corrected chi connectivity index (χ3v) is 9.40. The molecule has 3 aromatic rings. The number of piperidine rings is 1. The first kappa shape index (κ1) is 21.1. The van der Waals surface area contributed by atoms with Crippen LogP contribution in [0.15, 0.2) is 58.9 Å². The molecule has 0 saturated carbocycles. The molecule has 32 heavy (non-hydrogen) atoms. The highest BCUT2D eigenvalue weighted by Gasteiger charge is 2.37. The minimum atomic E-state index is -3.59. The number of anilines is 1. The molecule has 0 bridgehead atoms. The molecule has 4 heterocycles. The summed E-state index contributed by atoms with van der Waals surface area (Å²) >= 11 is 1.23. The van der Waals surface area contributed by atoms with Gasteiger partial charge in [0.1, 0.15) is 10.8 Å². The zero-order valence-electron chi connectivity index (χ0n) is 17.6. The predicted molar refractivity (Wildman–Crippen MR) is 123 cm³/mol. The number of amides is 1. The molecule has 2 aliphatic rings. The SMILES string of the molecule is Cc1ccc2c(c1)COC(=O)N2C1CCN(S(=O)(=O)c2ccc(-c3ccccn3)s2)CC1. The summed E-state index contributed by atoms with van der Waals surface area (Å²) in [5, 5.41) is 0. The molecule has 2 aliphatic heterocycles. The van der Waals surface area contributed by atoms with Crippen molar-refractivity contribution in [2.24, 2.45) is 0 Å². The topological polar surface area (TPSA) is 79.8 Å². The maximum absolute atomic E-state index is 13.2. The van der Waals surface area contributed by atoms with E-state index in [1.165, 1.54) is 15.6 Å². The standard InChI is InChI=1S/C23H23N3O4S2/c1-16-5-6-20-17(14-16)15-30-23(27)26(20)18-9-12-25(13-10-18)32(28,29)22-8-7-21(31-22)19-4-2-3-11-24-19/h2-8,11,14,18H,9-10,12-13,15H2,1H3. The molecule has 1 saturated heterocycles. The number of fused-ring (bicyclic) bond motifs is 1. The Labute approximate surface area is 191 Å². The van der Waals surface area contributed by atoms with Gasteiger partial charge in [-0.25, -0.2) is 13.2 Å². The molecule has 1 amide bonds. The second-order valence-electron chi connectivity index (χ2n) is 8.03. The van der Waals surface area contributed by atoms with Crippen molar-refractivity contribution in [1.82, 2.24) is 9.29 Å². The first-order valence-electron chi connectivity index (χ1n) is 10.5. The first-order chi connectivity index (χ1) is 15.4. The minimum Gasteiger partial charge on any atom is -0.444 e. The van der Waals surface area contributed by atoms with Crippen LogP contribution < -0.4 is 4.90 Å². The van der Waals surface area contributed by atoms with E-state index in [0.717, 1.165) is 27.4 Å². The molecule has 1 aromatic carbocycles. The van der Waals surface area contributed by atoms with Crippen LogP contribution >= 0.6 is 11.3 Å². The number of thiophene rings is 1. The molecule has 0 unspecified atom stereocenters. The average Bonchev–Trinajstić information content (AvgIpc) is 3.31. The summed E-state index contributed by atoms with van der Waals surface area (Å²) < 4.78 is 33.7. The summed E-state index contributed by atoms with van der Waals surface area (Å²) in [6.07, 6.45) is 2.44. The summed E-state index contributed by atoms with van der Waals surface area (Å²) in [6.45, 7) is 2.99. The number of nitrogens with zero attached hydrogens (tertiary/aromatic N) is 3. The van der Waals surface area contributed by atoms with Gasteiger partial charge in [-0.05, 0) is 50.1 Å². The van der Waals surface area contributed by atoms with Crippen LogP contribution in [0.2, 0.25) is 0 Å². The Morgan fingerprint density at radius 3 is 2.66 bits per heavy atom. The van der Waals surface area contributed by atoms with E-state index in [2.05, 4.69) is 4.98 Å². The highest BCUT2D eigenvalue weighted by atomic mass is 32.2. The number of hydrogen-bond acceptors (Lipinski definition) is 6. The number of carbonyl (C=O) groups is 1. The molecule has 5 rings (SSSR count). The van der Waals surface area contributed by atoms with Gasteiger partial charge in [-0.2, -0.15) is 4.31 Å². The quantitative estimate of drug-likeness (QED) is 0.565. The van der Waals surface area contributed by atoms with Gasteiger partial charge in [-0.15, -0.1) is 11.3 Å². The highest BCUT2D eigenvalue weighted by Crippen LogP contribution is 2.35. The van der Waals surface area contributed by atoms with Crippen molar-refractivity contribution < 1.29 is 17.9 Å². The Bertz CT molecular complexity index is 1250. The van der Waals surface area contributed by atoms with Crippen LogP contribution in [0.4, 0.5) is 10.5 Å². The maximum atomic E-state index is 13.2. The molecule has 0 aliphatic carbocycles. The van der Waals surface area contributed by atoms with Crippen molar-refractivity contribution >= 4 is 33.1 Å². The summed E-state index contributed by atoms with van der Waals surface area (Å²) in [7, 11) is -3.59. The van der Waals surface area contributed by atoms with Crippen LogP contribution in [0.3, 0.4) is 0 Å². The number of aryl methyl sites for hydroxylation is 1. The van der Waals surface area contributed by atoms with Gasteiger partial charge >= 0.3 is 6.09 Å². The zero-order valence-corrected chi connectivity index (χ0v) is 19.2. The van der Waals surface area contributed by atoms with E-state index in [9.17, 15) is 13.2 Å². The molecular formula is C23H23N3O4S2. The van der Waals surface area contributed by atoms with Crippen molar-refractivity contribution in [1.29, 1.82) is 0 Å². The largest absolute Gasteiger partial charge is 0.444 e. The Kier molecular flexibility index (Phi) is 5.48. The molecular weight excluding hydrogens is 446 g/mol. The van der Waals surface area contributed by atoms with Crippen molar-refractivity contribution in [2.75, 3.05) is 18.0 Å². The van der Waals surface area contributed by atoms with Gasteiger partial charge in [0.05, 0.1) is 16.3 Å². The lowest BCUT2D eigenvalue weighted by atomic mass is 10.0. The van der Waals surface area contributed by atoms with Crippen LogP contribution in [0, 0.1) is 6.92 Å². The van der Waals surface area contributed by atoms with Crippen LogP contribution in [-0.4, -0.2) is 42.9 Å². The molecule has 2 aromatic heterocycles. The average molecular weight is 470 g/mol. The number of hydrogen-bond donors (Lipinski definition) is 0. The van der Waals surface area contributed by atoms with Crippen LogP contribution in [0.25, 0.3) is 10.6 Å². The molecule has 166 valence electrons. The van der Waals surface area contributed by atoms with Crippen LogP contribution in [0.5, 0.6) is 0 Å². The maximum Gasteiger partial charge on any atom is 0.414 e. The Morgan fingerprint density at radius 1 is 1.09 bits per heavy atom. The Balaban J connectivity index is 1.32. The normalized spacial score (nSPS) is 17.8. The molecule has 0 N–H and O–H groups in total. The fourth-order valence-corrected chi connectivity index (χ4v) is 7.20. The van der Waals surface area contributed by atoms with Gasteiger partial charge < -0.3 is 4.74 Å². The number of cyclic esters (lactones) is 1. The van der Waals surface area contributed by atoms with E-state index in [1.807, 2.05) is 43.3 Å². The fourth-order valence-electron chi connectivity index (χ4n) is 4.29. The first-order valence-corrected chi connectivity index (χ1v) is 12.8. The van der Waals surface area contributed by atoms with E-state index in [0.29, 0.717) is 30.1 Å². The summed E-state index contributed by atoms with van der Waals surface area (Å²) in [4.78, 5) is 19.4. The lowest BCUT2D eigenvalue weighted by Crippen LogP contribution is -2.50. The number of benzene rings is 1. The van der Waals surface area contributed by atoms with Crippen molar-refractivity contribution in [3.63, 3.8) is 0 Å². The molecule has 7 nitrogen and oxygen atoms in total. The third-order valence-electron chi connectivity index (χ3n) is 5.92. The lowest BCUT2D eigenvalue weighted by Gasteiger charge is -2.39. The predicted octanol–water partition coefficient (Wildman–Crippen LogP) is 4.43. The van der Waals surface area contributed by atoms with E-state index >= 15 is 0 Å². The van der Waals surface area contributed by atoms with Gasteiger partial charge in [0, 0.05) is 30.9 Å². The second-order valence-corrected chi connectivity index (χ2v) is 11.3. The van der Waals surface area contributed by atoms with Crippen molar-refractivity contribution in [3.05, 3.63) is 65.9 Å². The lowest BCUT2D eigenvalue weighted by molar-refractivity contribution is 0.135. The zero-order chi connectivity index (χ0) is 22.3. The van der Waals surface area contributed by atoms with E-state index in [4.69, 9.17) is 4.74 Å². The summed E-state index contributed by atoms with van der Waals surface area (Å²) in [5.74, 6) is 0. The minimum absolute atomic E-state index is 0.0943. The molecule has 0 radical (unpaired) electrons. The molecule has 0 atom stereocenters. The number of sulfonamides is 1. The van der Waals surface area contributed by atoms with Gasteiger partial charge in [-0.1, -0.05) is 23.8 Å². The Morgan fingerprint density at radius 2 is 1.91 bits per heavy atom. The van der Waals surface area contributed by atoms with Crippen molar-refractivity contribution in [3.8, 4) is 10.6 Å². The number of ether oxygens (including phenoxy) is 1. The molecule has 1 fully saturated rings. The highest BCUT2D eigenvalue weighted by molar-refractivity contribution is 7.91. The van der Waals surface area contributed by atoms with Gasteiger partial charge in [-0.3, -0.25) is 9.88 Å². The van der Waals surface area contributed by atoms with Crippen LogP contribution in [0.1, 0.15) is 24.0 Å². The van der Waals surface area contributed by atoms with Gasteiger partial charge in [0.15, 0.2) is 0 Å². The monoisotopic (exact) mass is 469 g/mol. The smallest absolute Gasteiger partial charge is 0.414 e. The Hall–Kier alpha value is -2.75. The number of rotatable bonds is 4. The van der Waals surface area contributed by atoms with Crippen LogP contribution in [-0.2, 0) is 21.4 Å². The number of pyridine rings is 1. The van der Waals surface area contributed by atoms with Crippen molar-refractivity contribution in [2.45, 2.75) is 36.6 Å². The summed E-state index contributed by atoms with van der Waals surface area (Å²) in [5.41, 5.74) is 3.73. The van der Waals surface area contributed by atoms with E-state index < -0.39 is 10.0 Å². The number of aromatic nitrogens is 1.